The number of amides is 2. The van der Waals surface area contributed by atoms with Gasteiger partial charge in [-0.3, -0.25) is 4.79 Å². The maximum absolute atomic E-state index is 12.7. The van der Waals surface area contributed by atoms with Gasteiger partial charge in [0.25, 0.3) is 5.91 Å². The number of aromatic hydroxyl groups is 1. The Morgan fingerprint density at radius 1 is 1.35 bits per heavy atom. The minimum absolute atomic E-state index is 0.0873. The van der Waals surface area contributed by atoms with Crippen LogP contribution in [0.1, 0.15) is 55.5 Å². The zero-order chi connectivity index (χ0) is 18.9. The zero-order valence-corrected chi connectivity index (χ0v) is 15.8. The maximum Gasteiger partial charge on any atom is 0.410 e. The number of benzene rings is 1. The summed E-state index contributed by atoms with van der Waals surface area (Å²) in [6.45, 7) is 7.69. The molecule has 2 aliphatic heterocycles. The van der Waals surface area contributed by atoms with Crippen LogP contribution in [0.25, 0.3) is 0 Å². The molecule has 26 heavy (non-hydrogen) atoms. The molecule has 6 heteroatoms. The Bertz CT molecular complexity index is 695. The van der Waals surface area contributed by atoms with E-state index in [1.165, 1.54) is 6.07 Å². The van der Waals surface area contributed by atoms with Gasteiger partial charge in [0.05, 0.1) is 6.54 Å². The van der Waals surface area contributed by atoms with Crippen molar-refractivity contribution in [3.63, 3.8) is 0 Å². The molecular weight excluding hydrogens is 332 g/mol. The summed E-state index contributed by atoms with van der Waals surface area (Å²) in [4.78, 5) is 28.6. The molecule has 3 rings (SSSR count). The highest BCUT2D eigenvalue weighted by molar-refractivity contribution is 5.94. The second-order valence-electron chi connectivity index (χ2n) is 7.61. The number of rotatable bonds is 4. The summed E-state index contributed by atoms with van der Waals surface area (Å²) in [7, 11) is 0. The minimum Gasteiger partial charge on any atom is -0.508 e. The van der Waals surface area contributed by atoms with Crippen LogP contribution in [0.4, 0.5) is 4.79 Å². The molecule has 1 atom stereocenters. The first-order valence-electron chi connectivity index (χ1n) is 9.44. The van der Waals surface area contributed by atoms with Gasteiger partial charge in [0.15, 0.2) is 0 Å². The van der Waals surface area contributed by atoms with Crippen LogP contribution in [0.5, 0.6) is 5.75 Å². The molecule has 2 saturated heterocycles. The van der Waals surface area contributed by atoms with Gasteiger partial charge in [-0.1, -0.05) is 19.4 Å². The lowest BCUT2D eigenvalue weighted by Crippen LogP contribution is -2.49. The Morgan fingerprint density at radius 3 is 2.65 bits per heavy atom. The first-order valence-corrected chi connectivity index (χ1v) is 9.44. The molecule has 0 radical (unpaired) electrons. The van der Waals surface area contributed by atoms with E-state index >= 15 is 0 Å². The highest BCUT2D eigenvalue weighted by Gasteiger charge is 2.48. The molecule has 0 aliphatic carbocycles. The molecule has 1 unspecified atom stereocenters. The SMILES string of the molecule is CCCC(C)N1CC2(CCN(C(=O)c3ccc(C)c(O)c3)CC2)OC1=O. The number of ether oxygens (including phenoxy) is 1. The topological polar surface area (TPSA) is 70.1 Å². The standard InChI is InChI=1S/C20H28N2O4/c1-4-5-15(3)22-13-20(26-19(22)25)8-10-21(11-9-20)18(24)16-7-6-14(2)17(23)12-16/h6-7,12,15,23H,4-5,8-11,13H2,1-3H3. The van der Waals surface area contributed by atoms with Gasteiger partial charge in [-0.15, -0.1) is 0 Å². The summed E-state index contributed by atoms with van der Waals surface area (Å²) in [5.74, 6) is 0.0466. The summed E-state index contributed by atoms with van der Waals surface area (Å²) in [5, 5.41) is 9.84. The van der Waals surface area contributed by atoms with E-state index in [1.807, 2.05) is 4.90 Å². The number of aryl methyl sites for hydroxylation is 1. The smallest absolute Gasteiger partial charge is 0.410 e. The van der Waals surface area contributed by atoms with Gasteiger partial charge in [-0.2, -0.15) is 0 Å². The van der Waals surface area contributed by atoms with Gasteiger partial charge >= 0.3 is 6.09 Å². The van der Waals surface area contributed by atoms with Crippen LogP contribution in [0.15, 0.2) is 18.2 Å². The Balaban J connectivity index is 1.63. The lowest BCUT2D eigenvalue weighted by atomic mass is 9.90. The molecule has 1 N–H and O–H groups in total. The Kier molecular flexibility index (Phi) is 5.12. The number of phenolic OH excluding ortho intramolecular Hbond substituents is 1. The summed E-state index contributed by atoms with van der Waals surface area (Å²) >= 11 is 0. The number of nitrogens with zero attached hydrogens (tertiary/aromatic N) is 2. The third-order valence-electron chi connectivity index (χ3n) is 5.65. The van der Waals surface area contributed by atoms with Crippen molar-refractivity contribution in [2.45, 2.75) is 58.1 Å². The predicted octanol–water partition coefficient (Wildman–Crippen LogP) is 3.32. The van der Waals surface area contributed by atoms with Gasteiger partial charge in [-0.05, 0) is 38.0 Å². The Hall–Kier alpha value is -2.24. The molecular formula is C20H28N2O4. The first-order chi connectivity index (χ1) is 12.3. The average molecular weight is 360 g/mol. The Morgan fingerprint density at radius 2 is 2.04 bits per heavy atom. The van der Waals surface area contributed by atoms with E-state index < -0.39 is 5.60 Å². The third-order valence-corrected chi connectivity index (χ3v) is 5.65. The molecule has 0 saturated carbocycles. The number of phenols is 1. The maximum atomic E-state index is 12.7. The van der Waals surface area contributed by atoms with Gasteiger partial charge in [0.1, 0.15) is 11.4 Å². The lowest BCUT2D eigenvalue weighted by molar-refractivity contribution is 0.00305. The van der Waals surface area contributed by atoms with Crippen molar-refractivity contribution in [3.8, 4) is 5.75 Å². The van der Waals surface area contributed by atoms with Crippen LogP contribution < -0.4 is 0 Å². The van der Waals surface area contributed by atoms with Crippen LogP contribution in [-0.4, -0.2) is 58.2 Å². The molecule has 2 aliphatic rings. The Labute approximate surface area is 154 Å². The monoisotopic (exact) mass is 360 g/mol. The predicted molar refractivity (Wildman–Crippen MR) is 98.3 cm³/mol. The number of hydrogen-bond acceptors (Lipinski definition) is 4. The zero-order valence-electron chi connectivity index (χ0n) is 15.8. The highest BCUT2D eigenvalue weighted by Crippen LogP contribution is 2.35. The van der Waals surface area contributed by atoms with E-state index in [0.717, 1.165) is 18.4 Å². The van der Waals surface area contributed by atoms with Crippen LogP contribution in [0.2, 0.25) is 0 Å². The van der Waals surface area contributed by atoms with E-state index in [9.17, 15) is 14.7 Å². The molecule has 1 aromatic carbocycles. The lowest BCUT2D eigenvalue weighted by Gasteiger charge is -2.37. The fraction of sp³-hybridized carbons (Fsp3) is 0.600. The van der Waals surface area contributed by atoms with Gasteiger partial charge in [0, 0.05) is 37.5 Å². The summed E-state index contributed by atoms with van der Waals surface area (Å²) < 4.78 is 5.75. The van der Waals surface area contributed by atoms with Crippen molar-refractivity contribution in [1.82, 2.24) is 9.80 Å². The molecule has 0 bridgehead atoms. The number of likely N-dealkylation sites (tertiary alicyclic amines) is 1. The van der Waals surface area contributed by atoms with Crippen molar-refractivity contribution >= 4 is 12.0 Å². The van der Waals surface area contributed by atoms with Crippen LogP contribution in [0, 0.1) is 6.92 Å². The van der Waals surface area contributed by atoms with Gasteiger partial charge < -0.3 is 19.6 Å². The summed E-state index contributed by atoms with van der Waals surface area (Å²) in [6.07, 6.45) is 3.07. The molecule has 1 spiro atoms. The number of carbonyl (C=O) groups excluding carboxylic acids is 2. The van der Waals surface area contributed by atoms with Crippen molar-refractivity contribution < 1.29 is 19.4 Å². The summed E-state index contributed by atoms with van der Waals surface area (Å²) in [6, 6.07) is 5.19. The minimum atomic E-state index is -0.467. The van der Waals surface area contributed by atoms with Crippen LogP contribution >= 0.6 is 0 Å². The summed E-state index contributed by atoms with van der Waals surface area (Å²) in [5.41, 5.74) is 0.773. The van der Waals surface area contributed by atoms with E-state index in [0.29, 0.717) is 38.0 Å². The largest absolute Gasteiger partial charge is 0.508 e. The molecule has 1 aromatic rings. The fourth-order valence-electron chi connectivity index (χ4n) is 3.86. The molecule has 2 fully saturated rings. The van der Waals surface area contributed by atoms with E-state index in [-0.39, 0.29) is 23.8 Å². The second-order valence-corrected chi connectivity index (χ2v) is 7.61. The fourth-order valence-corrected chi connectivity index (χ4v) is 3.86. The quantitative estimate of drug-likeness (QED) is 0.894. The second kappa shape index (κ2) is 7.17. The van der Waals surface area contributed by atoms with Crippen LogP contribution in [-0.2, 0) is 4.74 Å². The molecule has 6 nitrogen and oxygen atoms in total. The first kappa shape index (κ1) is 18.5. The molecule has 0 aromatic heterocycles. The highest BCUT2D eigenvalue weighted by atomic mass is 16.6. The van der Waals surface area contributed by atoms with Crippen molar-refractivity contribution in [2.75, 3.05) is 19.6 Å². The number of carbonyl (C=O) groups is 2. The van der Waals surface area contributed by atoms with E-state index in [2.05, 4.69) is 13.8 Å². The van der Waals surface area contributed by atoms with Crippen molar-refractivity contribution in [2.24, 2.45) is 0 Å². The van der Waals surface area contributed by atoms with Gasteiger partial charge in [0.2, 0.25) is 0 Å². The normalized spacial score (nSPS) is 20.3. The van der Waals surface area contributed by atoms with E-state index in [1.54, 1.807) is 24.0 Å². The van der Waals surface area contributed by atoms with Crippen molar-refractivity contribution in [1.29, 1.82) is 0 Å². The van der Waals surface area contributed by atoms with E-state index in [4.69, 9.17) is 4.74 Å². The average Bonchev–Trinajstić information content (AvgIpc) is 2.94. The van der Waals surface area contributed by atoms with Crippen LogP contribution in [0.3, 0.4) is 0 Å². The molecule has 2 heterocycles. The van der Waals surface area contributed by atoms with Gasteiger partial charge in [-0.25, -0.2) is 4.79 Å². The third kappa shape index (κ3) is 3.50. The van der Waals surface area contributed by atoms with Crippen molar-refractivity contribution in [3.05, 3.63) is 29.3 Å². The number of piperidine rings is 1. The number of hydrogen-bond donors (Lipinski definition) is 1. The molecule has 2 amide bonds. The molecule has 142 valence electrons.